The van der Waals surface area contributed by atoms with E-state index >= 15 is 0 Å². The topological polar surface area (TPSA) is 57.7 Å². The smallest absolute Gasteiger partial charge is 0.320 e. The van der Waals surface area contributed by atoms with Crippen LogP contribution in [0.15, 0.2) is 30.3 Å². The number of likely N-dealkylation sites (tertiary alicyclic amines) is 1. The fourth-order valence-electron chi connectivity index (χ4n) is 2.64. The van der Waals surface area contributed by atoms with Gasteiger partial charge >= 0.3 is 6.03 Å². The lowest BCUT2D eigenvalue weighted by molar-refractivity contribution is 0.111. The average Bonchev–Trinajstić information content (AvgIpc) is 2.43. The average molecular weight is 324 g/mol. The van der Waals surface area contributed by atoms with Gasteiger partial charge in [0.25, 0.3) is 0 Å². The number of rotatable bonds is 4. The Hall–Kier alpha value is -1.56. The van der Waals surface area contributed by atoms with Gasteiger partial charge in [-0.25, -0.2) is 13.2 Å². The zero-order valence-electron chi connectivity index (χ0n) is 13.6. The van der Waals surface area contributed by atoms with E-state index < -0.39 is 15.1 Å². The van der Waals surface area contributed by atoms with Crippen molar-refractivity contribution < 1.29 is 13.2 Å². The third kappa shape index (κ3) is 3.43. The molecule has 2 rings (SSSR count). The number of nitrogens with zero attached hydrogens (tertiary/aromatic N) is 2. The summed E-state index contributed by atoms with van der Waals surface area (Å²) in [5, 5.41) is -0.576. The fraction of sp³-hybridized carbons (Fsp3) is 0.562. The summed E-state index contributed by atoms with van der Waals surface area (Å²) in [6, 6.07) is 9.68. The molecule has 6 heteroatoms. The predicted octanol–water partition coefficient (Wildman–Crippen LogP) is 1.96. The first-order valence-electron chi connectivity index (χ1n) is 7.47. The van der Waals surface area contributed by atoms with Crippen LogP contribution in [0.5, 0.6) is 0 Å². The predicted molar refractivity (Wildman–Crippen MR) is 87.7 cm³/mol. The molecule has 0 radical (unpaired) electrons. The van der Waals surface area contributed by atoms with E-state index in [1.807, 2.05) is 18.2 Å². The summed E-state index contributed by atoms with van der Waals surface area (Å²) in [5.41, 5.74) is 1.24. The van der Waals surface area contributed by atoms with Gasteiger partial charge in [0.2, 0.25) is 0 Å². The Morgan fingerprint density at radius 2 is 1.77 bits per heavy atom. The minimum absolute atomic E-state index is 0.102. The highest BCUT2D eigenvalue weighted by Gasteiger charge is 2.36. The van der Waals surface area contributed by atoms with E-state index in [2.05, 4.69) is 12.1 Å². The summed E-state index contributed by atoms with van der Waals surface area (Å²) in [6.45, 7) is 4.80. The molecule has 0 spiro atoms. The van der Waals surface area contributed by atoms with E-state index in [4.69, 9.17) is 0 Å². The number of carbonyl (C=O) groups excluding carboxylic acids is 1. The molecular formula is C16H24N2O3S. The minimum Gasteiger partial charge on any atom is -0.324 e. The molecule has 22 heavy (non-hydrogen) atoms. The summed E-state index contributed by atoms with van der Waals surface area (Å²) in [5.74, 6) is 0.376. The number of urea groups is 1. The maximum absolute atomic E-state index is 12.4. The van der Waals surface area contributed by atoms with Crippen LogP contribution in [0.3, 0.4) is 0 Å². The van der Waals surface area contributed by atoms with Gasteiger partial charge in [0, 0.05) is 38.4 Å². The Balaban J connectivity index is 1.94. The van der Waals surface area contributed by atoms with Gasteiger partial charge in [0.1, 0.15) is 0 Å². The van der Waals surface area contributed by atoms with Gasteiger partial charge in [0.15, 0.2) is 9.84 Å². The van der Waals surface area contributed by atoms with Gasteiger partial charge in [0.05, 0.1) is 5.25 Å². The Kier molecular flexibility index (Phi) is 4.80. The summed E-state index contributed by atoms with van der Waals surface area (Å²) in [6.07, 6.45) is 1.21. The SMILES string of the molecule is CC(C(C)S(C)(=O)=O)N(C)C(=O)N1CC(c2ccccc2)C1. The number of amides is 2. The molecule has 0 aliphatic carbocycles. The maximum Gasteiger partial charge on any atom is 0.320 e. The molecule has 2 atom stereocenters. The standard InChI is InChI=1S/C16H24N2O3S/c1-12(13(2)22(4,20)21)17(3)16(19)18-10-15(11-18)14-8-6-5-7-9-14/h5-9,12-13,15H,10-11H2,1-4H3. The molecule has 1 saturated heterocycles. The lowest BCUT2D eigenvalue weighted by Crippen LogP contribution is -2.56. The van der Waals surface area contributed by atoms with Crippen molar-refractivity contribution in [1.29, 1.82) is 0 Å². The fourth-order valence-corrected chi connectivity index (χ4v) is 3.54. The zero-order valence-corrected chi connectivity index (χ0v) is 14.4. The van der Waals surface area contributed by atoms with Crippen molar-refractivity contribution in [3.05, 3.63) is 35.9 Å². The lowest BCUT2D eigenvalue weighted by Gasteiger charge is -2.43. The van der Waals surface area contributed by atoms with E-state index in [9.17, 15) is 13.2 Å². The largest absolute Gasteiger partial charge is 0.324 e. The maximum atomic E-state index is 12.4. The Labute approximate surface area is 132 Å². The molecule has 0 saturated carbocycles. The van der Waals surface area contributed by atoms with Gasteiger partial charge in [-0.15, -0.1) is 0 Å². The number of hydrogen-bond donors (Lipinski definition) is 0. The van der Waals surface area contributed by atoms with Crippen molar-refractivity contribution in [1.82, 2.24) is 9.80 Å². The highest BCUT2D eigenvalue weighted by molar-refractivity contribution is 7.91. The van der Waals surface area contributed by atoms with Crippen LogP contribution in [0.25, 0.3) is 0 Å². The summed E-state index contributed by atoms with van der Waals surface area (Å²) < 4.78 is 23.3. The summed E-state index contributed by atoms with van der Waals surface area (Å²) in [4.78, 5) is 15.7. The van der Waals surface area contributed by atoms with E-state index in [1.165, 1.54) is 16.7 Å². The van der Waals surface area contributed by atoms with Crippen LogP contribution in [0.4, 0.5) is 4.79 Å². The number of sulfone groups is 1. The molecule has 2 unspecified atom stereocenters. The summed E-state index contributed by atoms with van der Waals surface area (Å²) >= 11 is 0. The van der Waals surface area contributed by atoms with E-state index in [0.717, 1.165) is 0 Å². The molecule has 1 fully saturated rings. The molecule has 0 N–H and O–H groups in total. The molecule has 1 aromatic rings. The van der Waals surface area contributed by atoms with Crippen LogP contribution in [-0.4, -0.2) is 61.9 Å². The quantitative estimate of drug-likeness (QED) is 0.851. The first-order valence-corrected chi connectivity index (χ1v) is 9.42. The minimum atomic E-state index is -3.16. The number of carbonyl (C=O) groups is 1. The van der Waals surface area contributed by atoms with Crippen LogP contribution in [0.1, 0.15) is 25.3 Å². The highest BCUT2D eigenvalue weighted by atomic mass is 32.2. The second-order valence-corrected chi connectivity index (χ2v) is 8.58. The molecule has 1 aromatic carbocycles. The van der Waals surface area contributed by atoms with Crippen LogP contribution >= 0.6 is 0 Å². The van der Waals surface area contributed by atoms with E-state index in [0.29, 0.717) is 19.0 Å². The number of benzene rings is 1. The molecule has 2 amide bonds. The molecule has 5 nitrogen and oxygen atoms in total. The van der Waals surface area contributed by atoms with Gasteiger partial charge in [-0.2, -0.15) is 0 Å². The highest BCUT2D eigenvalue weighted by Crippen LogP contribution is 2.28. The molecular weight excluding hydrogens is 300 g/mol. The van der Waals surface area contributed by atoms with E-state index in [1.54, 1.807) is 25.8 Å². The lowest BCUT2D eigenvalue weighted by atomic mass is 9.92. The second kappa shape index (κ2) is 6.28. The van der Waals surface area contributed by atoms with E-state index in [-0.39, 0.29) is 12.1 Å². The van der Waals surface area contributed by atoms with Crippen LogP contribution in [0, 0.1) is 0 Å². The Morgan fingerprint density at radius 3 is 2.27 bits per heavy atom. The normalized spacial score (nSPS) is 18.5. The van der Waals surface area contributed by atoms with Crippen molar-refractivity contribution in [3.8, 4) is 0 Å². The first-order chi connectivity index (χ1) is 10.2. The summed E-state index contributed by atoms with van der Waals surface area (Å²) in [7, 11) is -1.49. The molecule has 1 aliphatic heterocycles. The molecule has 1 heterocycles. The van der Waals surface area contributed by atoms with Gasteiger partial charge < -0.3 is 9.80 Å². The van der Waals surface area contributed by atoms with Gasteiger partial charge in [-0.3, -0.25) is 0 Å². The van der Waals surface area contributed by atoms with Gasteiger partial charge in [-0.1, -0.05) is 30.3 Å². The van der Waals surface area contributed by atoms with Crippen LogP contribution < -0.4 is 0 Å². The third-order valence-corrected chi connectivity index (χ3v) is 6.43. The molecule has 122 valence electrons. The second-order valence-electron chi connectivity index (χ2n) is 6.18. The van der Waals surface area contributed by atoms with Crippen molar-refractivity contribution >= 4 is 15.9 Å². The zero-order chi connectivity index (χ0) is 16.5. The monoisotopic (exact) mass is 324 g/mol. The van der Waals surface area contributed by atoms with Crippen molar-refractivity contribution in [2.45, 2.75) is 31.1 Å². The van der Waals surface area contributed by atoms with Crippen LogP contribution in [0.2, 0.25) is 0 Å². The van der Waals surface area contributed by atoms with Gasteiger partial charge in [-0.05, 0) is 19.4 Å². The van der Waals surface area contributed by atoms with Crippen molar-refractivity contribution in [2.75, 3.05) is 26.4 Å². The number of hydrogen-bond acceptors (Lipinski definition) is 3. The molecule has 1 aliphatic rings. The van der Waals surface area contributed by atoms with Crippen LogP contribution in [-0.2, 0) is 9.84 Å². The Morgan fingerprint density at radius 1 is 1.23 bits per heavy atom. The van der Waals surface area contributed by atoms with Crippen molar-refractivity contribution in [3.63, 3.8) is 0 Å². The third-order valence-electron chi connectivity index (χ3n) is 4.69. The van der Waals surface area contributed by atoms with Crippen molar-refractivity contribution in [2.24, 2.45) is 0 Å². The Bertz CT molecular complexity index is 624. The first kappa shape index (κ1) is 16.8. The molecule has 0 bridgehead atoms. The molecule has 0 aromatic heterocycles.